The predicted molar refractivity (Wildman–Crippen MR) is 103 cm³/mol. The Bertz CT molecular complexity index is 806. The molecular weight excluding hydrogens is 348 g/mol. The van der Waals surface area contributed by atoms with E-state index in [9.17, 15) is 14.4 Å². The Morgan fingerprint density at radius 2 is 1.56 bits per heavy atom. The van der Waals surface area contributed by atoms with Crippen LogP contribution in [0.4, 0.5) is 16.2 Å². The molecule has 2 aromatic rings. The molecule has 8 heteroatoms. The van der Waals surface area contributed by atoms with Crippen LogP contribution in [0.5, 0.6) is 5.75 Å². The summed E-state index contributed by atoms with van der Waals surface area (Å²) in [5.74, 6) is -0.291. The summed E-state index contributed by atoms with van der Waals surface area (Å²) < 4.78 is 5.41. The quantitative estimate of drug-likeness (QED) is 0.599. The van der Waals surface area contributed by atoms with Crippen molar-refractivity contribution < 1.29 is 19.1 Å². The van der Waals surface area contributed by atoms with Crippen molar-refractivity contribution in [1.29, 1.82) is 0 Å². The molecule has 0 radical (unpaired) electrons. The maximum Gasteiger partial charge on any atom is 0.318 e. The minimum atomic E-state index is -0.390. The Hall–Kier alpha value is -3.55. The Morgan fingerprint density at radius 1 is 0.926 bits per heavy atom. The highest BCUT2D eigenvalue weighted by atomic mass is 16.5. The van der Waals surface area contributed by atoms with Gasteiger partial charge >= 0.3 is 6.03 Å². The molecule has 0 saturated heterocycles. The minimum absolute atomic E-state index is 0.183. The first kappa shape index (κ1) is 19.8. The van der Waals surface area contributed by atoms with E-state index in [0.29, 0.717) is 29.3 Å². The van der Waals surface area contributed by atoms with Gasteiger partial charge in [0.15, 0.2) is 0 Å². The van der Waals surface area contributed by atoms with E-state index in [-0.39, 0.29) is 24.4 Å². The summed E-state index contributed by atoms with van der Waals surface area (Å²) in [5.41, 5.74) is 1.51. The van der Waals surface area contributed by atoms with E-state index in [4.69, 9.17) is 4.74 Å². The normalized spacial score (nSPS) is 9.85. The van der Waals surface area contributed by atoms with Gasteiger partial charge in [0.2, 0.25) is 5.91 Å². The van der Waals surface area contributed by atoms with Crippen molar-refractivity contribution in [2.24, 2.45) is 0 Å². The van der Waals surface area contributed by atoms with Crippen molar-refractivity contribution in [1.82, 2.24) is 10.6 Å². The lowest BCUT2D eigenvalue weighted by atomic mass is 10.2. The number of urea groups is 1. The van der Waals surface area contributed by atoms with Gasteiger partial charge in [-0.1, -0.05) is 12.1 Å². The van der Waals surface area contributed by atoms with Crippen LogP contribution in [-0.4, -0.2) is 38.0 Å². The summed E-state index contributed by atoms with van der Waals surface area (Å²) >= 11 is 0. The summed E-state index contributed by atoms with van der Waals surface area (Å²) in [6.45, 7) is 2.09. The van der Waals surface area contributed by atoms with Gasteiger partial charge in [0.05, 0.1) is 18.7 Å². The van der Waals surface area contributed by atoms with Crippen molar-refractivity contribution in [2.75, 3.05) is 30.8 Å². The third-order valence-corrected chi connectivity index (χ3v) is 3.49. The smallest absolute Gasteiger partial charge is 0.318 e. The molecule has 2 aromatic carbocycles. The molecule has 27 heavy (non-hydrogen) atoms. The number of hydrogen-bond acceptors (Lipinski definition) is 4. The Kier molecular flexibility index (Phi) is 7.18. The fraction of sp³-hybridized carbons (Fsp3) is 0.211. The van der Waals surface area contributed by atoms with Gasteiger partial charge in [-0.3, -0.25) is 9.59 Å². The molecule has 0 fully saturated rings. The van der Waals surface area contributed by atoms with E-state index in [1.165, 1.54) is 7.05 Å². The lowest BCUT2D eigenvalue weighted by Gasteiger charge is -2.11. The molecule has 8 nitrogen and oxygen atoms in total. The third kappa shape index (κ3) is 6.03. The molecular formula is C19H22N4O4. The van der Waals surface area contributed by atoms with Crippen molar-refractivity contribution in [3.05, 3.63) is 54.1 Å². The summed E-state index contributed by atoms with van der Waals surface area (Å²) in [6, 6.07) is 13.1. The van der Waals surface area contributed by atoms with Crippen LogP contribution in [0.15, 0.2) is 48.5 Å². The number of carbonyl (C=O) groups is 3. The molecule has 0 aromatic heterocycles. The van der Waals surface area contributed by atoms with Crippen LogP contribution in [0.25, 0.3) is 0 Å². The fourth-order valence-electron chi connectivity index (χ4n) is 2.23. The van der Waals surface area contributed by atoms with Crippen LogP contribution in [-0.2, 0) is 4.79 Å². The molecule has 0 bridgehead atoms. The number of ether oxygens (including phenoxy) is 1. The largest absolute Gasteiger partial charge is 0.493 e. The van der Waals surface area contributed by atoms with Gasteiger partial charge in [0.1, 0.15) is 5.75 Å². The number of amides is 4. The lowest BCUT2D eigenvalue weighted by Crippen LogP contribution is -2.33. The summed E-state index contributed by atoms with van der Waals surface area (Å²) in [4.78, 5) is 35.5. The highest BCUT2D eigenvalue weighted by Crippen LogP contribution is 2.17. The zero-order chi connectivity index (χ0) is 19.6. The van der Waals surface area contributed by atoms with Gasteiger partial charge in [-0.05, 0) is 43.3 Å². The van der Waals surface area contributed by atoms with E-state index in [2.05, 4.69) is 21.3 Å². The monoisotopic (exact) mass is 370 g/mol. The molecule has 0 atom stereocenters. The summed E-state index contributed by atoms with van der Waals surface area (Å²) in [7, 11) is 1.52. The van der Waals surface area contributed by atoms with Crippen LogP contribution in [0.2, 0.25) is 0 Å². The van der Waals surface area contributed by atoms with Gasteiger partial charge in [-0.15, -0.1) is 0 Å². The topological polar surface area (TPSA) is 109 Å². The Balaban J connectivity index is 1.87. The average molecular weight is 370 g/mol. The summed E-state index contributed by atoms with van der Waals surface area (Å²) in [5, 5.41) is 10.3. The first-order valence-corrected chi connectivity index (χ1v) is 8.42. The standard InChI is InChI=1S/C19H22N4O4/c1-3-27-16-7-5-4-6-15(16)18(25)21-12-17(24)22-13-8-10-14(11-9-13)23-19(26)20-2/h4-11H,3,12H2,1-2H3,(H,21,25)(H,22,24)(H2,20,23,26). The molecule has 4 N–H and O–H groups in total. The highest BCUT2D eigenvalue weighted by molar-refractivity contribution is 6.01. The van der Waals surface area contributed by atoms with Crippen molar-refractivity contribution in [3.63, 3.8) is 0 Å². The maximum atomic E-state index is 12.3. The van der Waals surface area contributed by atoms with E-state index < -0.39 is 0 Å². The van der Waals surface area contributed by atoms with E-state index in [1.54, 1.807) is 48.5 Å². The minimum Gasteiger partial charge on any atom is -0.493 e. The van der Waals surface area contributed by atoms with E-state index in [1.807, 2.05) is 6.92 Å². The van der Waals surface area contributed by atoms with Crippen molar-refractivity contribution in [3.8, 4) is 5.75 Å². The predicted octanol–water partition coefficient (Wildman–Crippen LogP) is 2.21. The molecule has 0 aliphatic carbocycles. The number of anilines is 2. The number of nitrogens with one attached hydrogen (secondary N) is 4. The zero-order valence-corrected chi connectivity index (χ0v) is 15.2. The van der Waals surface area contributed by atoms with Crippen LogP contribution < -0.4 is 26.0 Å². The Labute approximate surface area is 157 Å². The van der Waals surface area contributed by atoms with Crippen LogP contribution in [0.1, 0.15) is 17.3 Å². The molecule has 0 aliphatic rings. The van der Waals surface area contributed by atoms with E-state index in [0.717, 1.165) is 0 Å². The second-order valence-corrected chi connectivity index (χ2v) is 5.44. The number of para-hydroxylation sites is 1. The van der Waals surface area contributed by atoms with E-state index >= 15 is 0 Å². The molecule has 0 spiro atoms. The first-order chi connectivity index (χ1) is 13.0. The third-order valence-electron chi connectivity index (χ3n) is 3.49. The van der Waals surface area contributed by atoms with Gasteiger partial charge in [-0.2, -0.15) is 0 Å². The number of carbonyl (C=O) groups excluding carboxylic acids is 3. The second-order valence-electron chi connectivity index (χ2n) is 5.44. The number of hydrogen-bond donors (Lipinski definition) is 4. The fourth-order valence-corrected chi connectivity index (χ4v) is 2.23. The first-order valence-electron chi connectivity index (χ1n) is 8.42. The highest BCUT2D eigenvalue weighted by Gasteiger charge is 2.13. The molecule has 0 heterocycles. The summed E-state index contributed by atoms with van der Waals surface area (Å²) in [6.07, 6.45) is 0. The van der Waals surface area contributed by atoms with Gasteiger partial charge in [0.25, 0.3) is 5.91 Å². The van der Waals surface area contributed by atoms with Crippen LogP contribution >= 0.6 is 0 Å². The molecule has 0 aliphatic heterocycles. The van der Waals surface area contributed by atoms with Crippen molar-refractivity contribution in [2.45, 2.75) is 6.92 Å². The Morgan fingerprint density at radius 3 is 2.19 bits per heavy atom. The number of rotatable bonds is 7. The van der Waals surface area contributed by atoms with Gasteiger partial charge < -0.3 is 26.0 Å². The maximum absolute atomic E-state index is 12.3. The van der Waals surface area contributed by atoms with Gasteiger partial charge in [-0.25, -0.2) is 4.79 Å². The number of benzene rings is 2. The molecule has 0 unspecified atom stereocenters. The lowest BCUT2D eigenvalue weighted by molar-refractivity contribution is -0.115. The van der Waals surface area contributed by atoms with Crippen molar-refractivity contribution >= 4 is 29.2 Å². The van der Waals surface area contributed by atoms with Crippen LogP contribution in [0, 0.1) is 0 Å². The zero-order valence-electron chi connectivity index (χ0n) is 15.2. The van der Waals surface area contributed by atoms with Crippen LogP contribution in [0.3, 0.4) is 0 Å². The molecule has 2 rings (SSSR count). The SMILES string of the molecule is CCOc1ccccc1C(=O)NCC(=O)Nc1ccc(NC(=O)NC)cc1. The molecule has 0 saturated carbocycles. The average Bonchev–Trinajstić information content (AvgIpc) is 2.68. The second kappa shape index (κ2) is 9.81. The molecule has 4 amide bonds. The van der Waals surface area contributed by atoms with Gasteiger partial charge in [0, 0.05) is 18.4 Å². The molecule has 142 valence electrons.